The van der Waals surface area contributed by atoms with E-state index in [0.717, 1.165) is 6.08 Å². The first-order valence-corrected chi connectivity index (χ1v) is 6.24. The quantitative estimate of drug-likeness (QED) is 0.717. The smallest absolute Gasteiger partial charge is 0.300 e. The summed E-state index contributed by atoms with van der Waals surface area (Å²) < 4.78 is 58.9. The third kappa shape index (κ3) is 1.66. The molecule has 0 heterocycles. The number of sulfone groups is 1. The van der Waals surface area contributed by atoms with Gasteiger partial charge < -0.3 is 0 Å². The second-order valence-electron chi connectivity index (χ2n) is 4.16. The first-order chi connectivity index (χ1) is 7.22. The fourth-order valence-electron chi connectivity index (χ4n) is 2.29. The molecular formula is C9H9F3O3S. The highest BCUT2D eigenvalue weighted by atomic mass is 32.2. The summed E-state index contributed by atoms with van der Waals surface area (Å²) in [5, 5.41) is 0. The van der Waals surface area contributed by atoms with Gasteiger partial charge in [-0.3, -0.25) is 4.79 Å². The number of Topliss-reactive ketones (excluding diaryl/α,β-unsaturated/α-hetero) is 1. The Labute approximate surface area is 90.2 Å². The maximum Gasteiger partial charge on any atom is 0.501 e. The van der Waals surface area contributed by atoms with E-state index in [1.165, 1.54) is 0 Å². The number of carbonyl (C=O) groups is 1. The zero-order valence-electron chi connectivity index (χ0n) is 8.12. The molecule has 1 saturated carbocycles. The predicted molar refractivity (Wildman–Crippen MR) is 48.9 cm³/mol. The number of alkyl halides is 3. The van der Waals surface area contributed by atoms with Crippen molar-refractivity contribution in [3.8, 4) is 0 Å². The number of hydrogen-bond donors (Lipinski definition) is 0. The molecule has 7 heteroatoms. The third-order valence-corrected chi connectivity index (χ3v) is 4.67. The Kier molecular flexibility index (Phi) is 2.41. The van der Waals surface area contributed by atoms with Gasteiger partial charge in [0.2, 0.25) is 0 Å². The van der Waals surface area contributed by atoms with E-state index in [1.54, 1.807) is 0 Å². The summed E-state index contributed by atoms with van der Waals surface area (Å²) in [6, 6.07) is 0. The van der Waals surface area contributed by atoms with E-state index in [0.29, 0.717) is 0 Å². The van der Waals surface area contributed by atoms with Gasteiger partial charge in [-0.15, -0.1) is 0 Å². The van der Waals surface area contributed by atoms with E-state index in [9.17, 15) is 26.4 Å². The lowest BCUT2D eigenvalue weighted by atomic mass is 10.0. The van der Waals surface area contributed by atoms with Crippen LogP contribution < -0.4 is 0 Å². The van der Waals surface area contributed by atoms with Gasteiger partial charge in [0.25, 0.3) is 9.84 Å². The average Bonchev–Trinajstić information content (AvgIpc) is 2.58. The Morgan fingerprint density at radius 1 is 1.19 bits per heavy atom. The van der Waals surface area contributed by atoms with Crippen LogP contribution in [-0.4, -0.2) is 19.7 Å². The lowest BCUT2D eigenvalue weighted by molar-refractivity contribution is -0.117. The Hall–Kier alpha value is -0.850. The van der Waals surface area contributed by atoms with Crippen molar-refractivity contribution < 1.29 is 26.4 Å². The molecule has 0 N–H and O–H groups in total. The molecule has 0 spiro atoms. The number of hydrogen-bond acceptors (Lipinski definition) is 3. The van der Waals surface area contributed by atoms with Crippen LogP contribution in [0.5, 0.6) is 0 Å². The normalized spacial score (nSPS) is 30.4. The van der Waals surface area contributed by atoms with Crippen LogP contribution in [0.3, 0.4) is 0 Å². The van der Waals surface area contributed by atoms with Crippen LogP contribution in [0.1, 0.15) is 19.3 Å². The molecule has 0 saturated heterocycles. The molecule has 1 fully saturated rings. The first kappa shape index (κ1) is 11.6. The molecule has 0 bridgehead atoms. The number of allylic oxidation sites excluding steroid dienone is 2. The standard InChI is InChI=1S/C9H9F3O3S/c10-9(11,12)16(14,15)8-3-5-1-7(13)2-6(5)4-8/h3,5-6H,1-2,4H2. The van der Waals surface area contributed by atoms with Gasteiger partial charge in [0.1, 0.15) is 5.78 Å². The summed E-state index contributed by atoms with van der Waals surface area (Å²) in [6.45, 7) is 0. The molecule has 2 aliphatic carbocycles. The van der Waals surface area contributed by atoms with E-state index in [4.69, 9.17) is 0 Å². The summed E-state index contributed by atoms with van der Waals surface area (Å²) in [6.07, 6.45) is 1.32. The molecule has 2 rings (SSSR count). The minimum absolute atomic E-state index is 0.00490. The number of carbonyl (C=O) groups excluding carboxylic acids is 1. The van der Waals surface area contributed by atoms with E-state index < -0.39 is 20.3 Å². The molecule has 0 aromatic carbocycles. The molecular weight excluding hydrogens is 245 g/mol. The van der Waals surface area contributed by atoms with Crippen molar-refractivity contribution in [3.63, 3.8) is 0 Å². The van der Waals surface area contributed by atoms with Crippen molar-refractivity contribution in [2.24, 2.45) is 11.8 Å². The van der Waals surface area contributed by atoms with E-state index in [2.05, 4.69) is 0 Å². The third-order valence-electron chi connectivity index (χ3n) is 3.07. The lowest BCUT2D eigenvalue weighted by Gasteiger charge is -2.09. The molecule has 0 amide bonds. The van der Waals surface area contributed by atoms with Crippen molar-refractivity contribution in [2.45, 2.75) is 24.8 Å². The summed E-state index contributed by atoms with van der Waals surface area (Å²) in [7, 11) is -5.19. The van der Waals surface area contributed by atoms with Gasteiger partial charge in [0.05, 0.1) is 4.91 Å². The Balaban J connectivity index is 2.28. The minimum Gasteiger partial charge on any atom is -0.300 e. The van der Waals surface area contributed by atoms with Crippen LogP contribution in [0.25, 0.3) is 0 Å². The number of ketones is 1. The van der Waals surface area contributed by atoms with E-state index >= 15 is 0 Å². The maximum absolute atomic E-state index is 12.2. The Morgan fingerprint density at radius 3 is 2.31 bits per heavy atom. The summed E-state index contributed by atoms with van der Waals surface area (Å²) in [4.78, 5) is 10.4. The number of rotatable bonds is 1. The predicted octanol–water partition coefficient (Wildman–Crippen LogP) is 1.80. The highest BCUT2D eigenvalue weighted by Crippen LogP contribution is 2.45. The summed E-state index contributed by atoms with van der Waals surface area (Å²) >= 11 is 0. The van der Waals surface area contributed by atoms with Gasteiger partial charge in [-0.1, -0.05) is 6.08 Å². The van der Waals surface area contributed by atoms with Gasteiger partial charge in [0.15, 0.2) is 0 Å². The second-order valence-corrected chi connectivity index (χ2v) is 6.15. The van der Waals surface area contributed by atoms with Crippen molar-refractivity contribution in [1.29, 1.82) is 0 Å². The van der Waals surface area contributed by atoms with Crippen molar-refractivity contribution in [1.82, 2.24) is 0 Å². The topological polar surface area (TPSA) is 51.2 Å². The number of fused-ring (bicyclic) bond motifs is 1. The zero-order chi connectivity index (χ0) is 12.1. The molecule has 2 atom stereocenters. The van der Waals surface area contributed by atoms with Crippen molar-refractivity contribution >= 4 is 15.6 Å². The second kappa shape index (κ2) is 3.32. The molecule has 0 aromatic heterocycles. The van der Waals surface area contributed by atoms with Crippen LogP contribution in [0.4, 0.5) is 13.2 Å². The Bertz CT molecular complexity index is 461. The Morgan fingerprint density at radius 2 is 1.81 bits per heavy atom. The van der Waals surface area contributed by atoms with Crippen molar-refractivity contribution in [2.75, 3.05) is 0 Å². The van der Waals surface area contributed by atoms with Crippen LogP contribution in [0.15, 0.2) is 11.0 Å². The highest BCUT2D eigenvalue weighted by molar-refractivity contribution is 7.96. The van der Waals surface area contributed by atoms with Crippen molar-refractivity contribution in [3.05, 3.63) is 11.0 Å². The molecule has 2 unspecified atom stereocenters. The fourth-order valence-corrected chi connectivity index (χ4v) is 3.37. The molecule has 16 heavy (non-hydrogen) atoms. The monoisotopic (exact) mass is 254 g/mol. The van der Waals surface area contributed by atoms with Crippen LogP contribution >= 0.6 is 0 Å². The first-order valence-electron chi connectivity index (χ1n) is 4.75. The van der Waals surface area contributed by atoms with Crippen LogP contribution in [0.2, 0.25) is 0 Å². The molecule has 2 aliphatic rings. The maximum atomic E-state index is 12.2. The van der Waals surface area contributed by atoms with Gasteiger partial charge in [-0.25, -0.2) is 8.42 Å². The zero-order valence-corrected chi connectivity index (χ0v) is 8.94. The molecule has 0 aromatic rings. The molecule has 90 valence electrons. The minimum atomic E-state index is -5.23. The SMILES string of the molecule is O=C1CC2C=C(S(=O)(=O)C(F)(F)F)CC2C1. The summed E-state index contributed by atoms with van der Waals surface area (Å²) in [5.74, 6) is -0.575. The molecule has 0 aliphatic heterocycles. The van der Waals surface area contributed by atoms with E-state index in [-0.39, 0.29) is 36.9 Å². The van der Waals surface area contributed by atoms with E-state index in [1.807, 2.05) is 0 Å². The van der Waals surface area contributed by atoms with Crippen LogP contribution in [-0.2, 0) is 14.6 Å². The largest absolute Gasteiger partial charge is 0.501 e. The fraction of sp³-hybridized carbons (Fsp3) is 0.667. The van der Waals surface area contributed by atoms with Gasteiger partial charge in [0, 0.05) is 12.8 Å². The highest BCUT2D eigenvalue weighted by Gasteiger charge is 2.51. The summed E-state index contributed by atoms with van der Waals surface area (Å²) in [5.41, 5.74) is -5.23. The molecule has 0 radical (unpaired) electrons. The van der Waals surface area contributed by atoms with Gasteiger partial charge in [-0.05, 0) is 18.3 Å². The van der Waals surface area contributed by atoms with Gasteiger partial charge in [-0.2, -0.15) is 13.2 Å². The number of halogens is 3. The lowest BCUT2D eigenvalue weighted by Crippen LogP contribution is -2.24. The van der Waals surface area contributed by atoms with Crippen LogP contribution in [0, 0.1) is 11.8 Å². The average molecular weight is 254 g/mol. The molecule has 3 nitrogen and oxygen atoms in total. The van der Waals surface area contributed by atoms with Gasteiger partial charge >= 0.3 is 5.51 Å².